The zero-order chi connectivity index (χ0) is 15.0. The fourth-order valence-corrected chi connectivity index (χ4v) is 2.40. The summed E-state index contributed by atoms with van der Waals surface area (Å²) in [6.07, 6.45) is -1.62. The third kappa shape index (κ3) is 2.64. The second-order valence-electron chi connectivity index (χ2n) is 5.11. The maximum absolute atomic E-state index is 13.8. The number of hydrogen-bond donors (Lipinski definition) is 1. The predicted molar refractivity (Wildman–Crippen MR) is 65.7 cm³/mol. The molecule has 2 rings (SSSR count). The van der Waals surface area contributed by atoms with Crippen molar-refractivity contribution in [3.63, 3.8) is 0 Å². The van der Waals surface area contributed by atoms with E-state index < -0.39 is 34.6 Å². The van der Waals surface area contributed by atoms with E-state index >= 15 is 0 Å². The van der Waals surface area contributed by atoms with Crippen LogP contribution in [0.4, 0.5) is 17.6 Å². The first-order valence-electron chi connectivity index (χ1n) is 6.47. The largest absolute Gasteiger partial charge is 0.419 e. The summed E-state index contributed by atoms with van der Waals surface area (Å²) in [4.78, 5) is 12.0. The van der Waals surface area contributed by atoms with E-state index in [-0.39, 0.29) is 0 Å². The molecule has 0 aliphatic heterocycles. The SMILES string of the molecule is CCC1(NC(=O)c2cccc(C(F)(F)F)c2F)CCC1. The molecule has 1 fully saturated rings. The summed E-state index contributed by atoms with van der Waals surface area (Å²) >= 11 is 0. The van der Waals surface area contributed by atoms with Gasteiger partial charge in [0.2, 0.25) is 0 Å². The number of amides is 1. The predicted octanol–water partition coefficient (Wildman–Crippen LogP) is 3.91. The van der Waals surface area contributed by atoms with Gasteiger partial charge in [-0.1, -0.05) is 13.0 Å². The van der Waals surface area contributed by atoms with E-state index in [1.165, 1.54) is 0 Å². The molecule has 0 heterocycles. The Balaban J connectivity index is 2.27. The minimum atomic E-state index is -4.81. The molecule has 1 aromatic carbocycles. The topological polar surface area (TPSA) is 29.1 Å². The molecule has 1 N–H and O–H groups in total. The van der Waals surface area contributed by atoms with Crippen molar-refractivity contribution < 1.29 is 22.4 Å². The Bertz CT molecular complexity index is 515. The number of nitrogens with one attached hydrogen (secondary N) is 1. The first-order valence-corrected chi connectivity index (χ1v) is 6.47. The summed E-state index contributed by atoms with van der Waals surface area (Å²) in [6.45, 7) is 1.89. The zero-order valence-electron chi connectivity index (χ0n) is 11.0. The summed E-state index contributed by atoms with van der Waals surface area (Å²) in [5, 5.41) is 2.67. The first-order chi connectivity index (χ1) is 9.29. The van der Waals surface area contributed by atoms with E-state index in [1.807, 2.05) is 6.92 Å². The summed E-state index contributed by atoms with van der Waals surface area (Å²) in [6, 6.07) is 2.74. The van der Waals surface area contributed by atoms with Gasteiger partial charge in [0.1, 0.15) is 5.82 Å². The Hall–Kier alpha value is -1.59. The molecule has 0 aromatic heterocycles. The van der Waals surface area contributed by atoms with E-state index in [1.54, 1.807) is 0 Å². The monoisotopic (exact) mass is 289 g/mol. The lowest BCUT2D eigenvalue weighted by Gasteiger charge is -2.42. The molecule has 1 saturated carbocycles. The minimum absolute atomic E-state index is 0.391. The molecule has 0 spiro atoms. The smallest absolute Gasteiger partial charge is 0.347 e. The highest BCUT2D eigenvalue weighted by Gasteiger charge is 2.39. The molecular weight excluding hydrogens is 274 g/mol. The molecule has 0 unspecified atom stereocenters. The van der Waals surface area contributed by atoms with E-state index in [0.717, 1.165) is 31.4 Å². The van der Waals surface area contributed by atoms with Crippen molar-refractivity contribution in [1.29, 1.82) is 0 Å². The summed E-state index contributed by atoms with van der Waals surface area (Å²) < 4.78 is 51.6. The average Bonchev–Trinajstić information content (AvgIpc) is 2.32. The van der Waals surface area contributed by atoms with Gasteiger partial charge in [-0.3, -0.25) is 4.79 Å². The second-order valence-corrected chi connectivity index (χ2v) is 5.11. The van der Waals surface area contributed by atoms with Crippen molar-refractivity contribution in [1.82, 2.24) is 5.32 Å². The lowest BCUT2D eigenvalue weighted by molar-refractivity contribution is -0.140. The number of rotatable bonds is 3. The van der Waals surface area contributed by atoms with Crippen LogP contribution in [0.5, 0.6) is 0 Å². The molecule has 0 saturated heterocycles. The fraction of sp³-hybridized carbons (Fsp3) is 0.500. The third-order valence-electron chi connectivity index (χ3n) is 3.91. The maximum atomic E-state index is 13.8. The van der Waals surface area contributed by atoms with Crippen LogP contribution in [0.3, 0.4) is 0 Å². The molecule has 0 atom stereocenters. The van der Waals surface area contributed by atoms with Crippen molar-refractivity contribution in [2.75, 3.05) is 0 Å². The second kappa shape index (κ2) is 5.07. The minimum Gasteiger partial charge on any atom is -0.347 e. The molecule has 6 heteroatoms. The number of alkyl halides is 3. The fourth-order valence-electron chi connectivity index (χ4n) is 2.40. The molecule has 0 radical (unpaired) electrons. The highest BCUT2D eigenvalue weighted by molar-refractivity contribution is 5.95. The maximum Gasteiger partial charge on any atom is 0.419 e. The molecule has 2 nitrogen and oxygen atoms in total. The van der Waals surface area contributed by atoms with Crippen molar-refractivity contribution in [2.24, 2.45) is 0 Å². The van der Waals surface area contributed by atoms with Crippen LogP contribution in [-0.2, 0) is 6.18 Å². The highest BCUT2D eigenvalue weighted by atomic mass is 19.4. The van der Waals surface area contributed by atoms with Gasteiger partial charge >= 0.3 is 6.18 Å². The first kappa shape index (κ1) is 14.8. The van der Waals surface area contributed by atoms with Crippen LogP contribution in [0.2, 0.25) is 0 Å². The zero-order valence-corrected chi connectivity index (χ0v) is 11.0. The van der Waals surface area contributed by atoms with Crippen LogP contribution in [0, 0.1) is 5.82 Å². The summed E-state index contributed by atoms with van der Waals surface area (Å²) in [7, 11) is 0. The Kier molecular flexibility index (Phi) is 3.75. The van der Waals surface area contributed by atoms with Gasteiger partial charge in [0.15, 0.2) is 0 Å². The third-order valence-corrected chi connectivity index (χ3v) is 3.91. The number of carbonyl (C=O) groups excluding carboxylic acids is 1. The number of carbonyl (C=O) groups is 1. The van der Waals surface area contributed by atoms with Crippen molar-refractivity contribution in [3.05, 3.63) is 35.1 Å². The van der Waals surface area contributed by atoms with Gasteiger partial charge in [-0.05, 0) is 37.8 Å². The van der Waals surface area contributed by atoms with Gasteiger partial charge in [-0.15, -0.1) is 0 Å². The Morgan fingerprint density at radius 3 is 2.45 bits per heavy atom. The van der Waals surface area contributed by atoms with Gasteiger partial charge in [0.25, 0.3) is 5.91 Å². The van der Waals surface area contributed by atoms with Crippen LogP contribution in [0.15, 0.2) is 18.2 Å². The summed E-state index contributed by atoms with van der Waals surface area (Å²) in [5.41, 5.74) is -2.36. The molecule has 1 aliphatic carbocycles. The van der Waals surface area contributed by atoms with Gasteiger partial charge in [-0.2, -0.15) is 13.2 Å². The van der Waals surface area contributed by atoms with E-state index in [0.29, 0.717) is 12.5 Å². The Morgan fingerprint density at radius 1 is 1.35 bits per heavy atom. The quantitative estimate of drug-likeness (QED) is 0.840. The van der Waals surface area contributed by atoms with Crippen LogP contribution in [0.25, 0.3) is 0 Å². The standard InChI is InChI=1S/C14H15F4NO/c1-2-13(7-4-8-13)19-12(20)9-5-3-6-10(11(9)15)14(16,17)18/h3,5-6H,2,4,7-8H2,1H3,(H,19,20). The molecule has 20 heavy (non-hydrogen) atoms. The lowest BCUT2D eigenvalue weighted by atomic mass is 9.74. The van der Waals surface area contributed by atoms with E-state index in [9.17, 15) is 22.4 Å². The van der Waals surface area contributed by atoms with Crippen molar-refractivity contribution >= 4 is 5.91 Å². The number of halogens is 4. The van der Waals surface area contributed by atoms with Crippen molar-refractivity contribution in [2.45, 2.75) is 44.3 Å². The van der Waals surface area contributed by atoms with Gasteiger partial charge in [-0.25, -0.2) is 4.39 Å². The molecule has 1 amide bonds. The van der Waals surface area contributed by atoms with Gasteiger partial charge in [0.05, 0.1) is 11.1 Å². The highest BCUT2D eigenvalue weighted by Crippen LogP contribution is 2.36. The van der Waals surface area contributed by atoms with Crippen LogP contribution < -0.4 is 5.32 Å². The molecule has 1 aliphatic rings. The summed E-state index contributed by atoms with van der Waals surface area (Å²) in [5.74, 6) is -2.29. The number of benzene rings is 1. The molecule has 1 aromatic rings. The average molecular weight is 289 g/mol. The van der Waals surface area contributed by atoms with Crippen molar-refractivity contribution in [3.8, 4) is 0 Å². The van der Waals surface area contributed by atoms with Gasteiger partial charge in [0, 0.05) is 5.54 Å². The Labute approximate surface area is 114 Å². The molecular formula is C14H15F4NO. The lowest BCUT2D eigenvalue weighted by Crippen LogP contribution is -2.53. The normalized spacial score (nSPS) is 17.4. The van der Waals surface area contributed by atoms with Crippen LogP contribution in [-0.4, -0.2) is 11.4 Å². The number of hydrogen-bond acceptors (Lipinski definition) is 1. The molecule has 0 bridgehead atoms. The molecule has 110 valence electrons. The van der Waals surface area contributed by atoms with Crippen LogP contribution >= 0.6 is 0 Å². The van der Waals surface area contributed by atoms with Gasteiger partial charge < -0.3 is 5.32 Å². The Morgan fingerprint density at radius 2 is 2.00 bits per heavy atom. The van der Waals surface area contributed by atoms with E-state index in [2.05, 4.69) is 5.32 Å². The van der Waals surface area contributed by atoms with Crippen LogP contribution in [0.1, 0.15) is 48.5 Å². The van der Waals surface area contributed by atoms with E-state index in [4.69, 9.17) is 0 Å².